The molecule has 0 atom stereocenters. The molecule has 0 aromatic carbocycles. The minimum absolute atomic E-state index is 0.0545. The van der Waals surface area contributed by atoms with E-state index in [0.29, 0.717) is 19.8 Å². The van der Waals surface area contributed by atoms with E-state index in [1.54, 1.807) is 6.07 Å². The number of nitriles is 1. The van der Waals surface area contributed by atoms with Gasteiger partial charge in [-0.1, -0.05) is 0 Å². The topological polar surface area (TPSA) is 115 Å². The quantitative estimate of drug-likeness (QED) is 0.245. The second-order valence-corrected chi connectivity index (χ2v) is 4.16. The highest BCUT2D eigenvalue weighted by molar-refractivity contribution is 5.97. The summed E-state index contributed by atoms with van der Waals surface area (Å²) in [5.41, 5.74) is -0.117. The van der Waals surface area contributed by atoms with Crippen LogP contribution in [-0.2, 0) is 14.3 Å². The highest BCUT2D eigenvalue weighted by Gasteiger charge is 2.17. The lowest BCUT2D eigenvalue weighted by molar-refractivity contribution is -0.132. The van der Waals surface area contributed by atoms with E-state index in [4.69, 9.17) is 24.9 Å². The van der Waals surface area contributed by atoms with Gasteiger partial charge < -0.3 is 29.9 Å². The molecule has 0 aromatic rings. The van der Waals surface area contributed by atoms with Crippen LogP contribution >= 0.6 is 0 Å². The van der Waals surface area contributed by atoms with E-state index in [1.165, 1.54) is 11.1 Å². The van der Waals surface area contributed by atoms with Crippen molar-refractivity contribution in [2.45, 2.75) is 20.1 Å². The van der Waals surface area contributed by atoms with E-state index in [1.807, 2.05) is 13.8 Å². The Morgan fingerprint density at radius 1 is 1.27 bits per heavy atom. The fourth-order valence-electron chi connectivity index (χ4n) is 1.66. The summed E-state index contributed by atoms with van der Waals surface area (Å²) in [6.07, 6.45) is 0.821. The summed E-state index contributed by atoms with van der Waals surface area (Å²) < 4.78 is 10.6. The van der Waals surface area contributed by atoms with Gasteiger partial charge in [0.05, 0.1) is 19.8 Å². The number of carbonyl (C=O) groups excluding carboxylic acids is 1. The summed E-state index contributed by atoms with van der Waals surface area (Å²) in [5.74, 6) is -0.553. The molecular formula is C14H25N3O5. The summed E-state index contributed by atoms with van der Waals surface area (Å²) in [7, 11) is 0. The van der Waals surface area contributed by atoms with Crippen molar-refractivity contribution in [3.63, 3.8) is 0 Å². The molecule has 3 N–H and O–H groups in total. The molecular weight excluding hydrogens is 290 g/mol. The van der Waals surface area contributed by atoms with Gasteiger partial charge in [-0.05, 0) is 13.8 Å². The van der Waals surface area contributed by atoms with Crippen molar-refractivity contribution in [2.75, 3.05) is 46.1 Å². The second-order valence-electron chi connectivity index (χ2n) is 4.16. The van der Waals surface area contributed by atoms with E-state index < -0.39 is 12.2 Å². The number of aliphatic hydroxyl groups is 2. The van der Waals surface area contributed by atoms with Crippen molar-refractivity contribution in [3.05, 3.63) is 11.8 Å². The molecule has 8 heteroatoms. The van der Waals surface area contributed by atoms with Gasteiger partial charge in [0.15, 0.2) is 6.29 Å². The molecule has 0 spiro atoms. The van der Waals surface area contributed by atoms with E-state index in [0.717, 1.165) is 0 Å². The zero-order chi connectivity index (χ0) is 16.8. The molecule has 0 bridgehead atoms. The molecule has 0 aliphatic heterocycles. The van der Waals surface area contributed by atoms with Gasteiger partial charge in [0.25, 0.3) is 5.91 Å². The molecule has 0 rings (SSSR count). The molecule has 126 valence electrons. The van der Waals surface area contributed by atoms with Crippen molar-refractivity contribution in [2.24, 2.45) is 0 Å². The number of carbonyl (C=O) groups is 1. The van der Waals surface area contributed by atoms with Gasteiger partial charge >= 0.3 is 0 Å². The third-order valence-corrected chi connectivity index (χ3v) is 2.61. The molecule has 8 nitrogen and oxygen atoms in total. The smallest absolute Gasteiger partial charge is 0.266 e. The maximum Gasteiger partial charge on any atom is 0.266 e. The van der Waals surface area contributed by atoms with E-state index in [-0.39, 0.29) is 31.9 Å². The van der Waals surface area contributed by atoms with Gasteiger partial charge in [-0.15, -0.1) is 0 Å². The predicted molar refractivity (Wildman–Crippen MR) is 79.5 cm³/mol. The Bertz CT molecular complexity index is 369. The highest BCUT2D eigenvalue weighted by atomic mass is 16.7. The standard InChI is InChI=1S/C14H25N3O5/c1-3-21-13(22-4-2)11-16-10-12(9-15)14(20)17(5-7-18)6-8-19/h10,13,16,18-19H,3-8,11H2,1-2H3/b12-10-. The molecule has 0 radical (unpaired) electrons. The van der Waals surface area contributed by atoms with Gasteiger partial charge in [0, 0.05) is 32.5 Å². The molecule has 0 fully saturated rings. The lowest BCUT2D eigenvalue weighted by Crippen LogP contribution is -2.37. The fourth-order valence-corrected chi connectivity index (χ4v) is 1.66. The average molecular weight is 315 g/mol. The number of hydrogen-bond acceptors (Lipinski definition) is 7. The molecule has 0 saturated carbocycles. The first kappa shape index (κ1) is 20.3. The van der Waals surface area contributed by atoms with Crippen LogP contribution in [0.15, 0.2) is 11.8 Å². The molecule has 0 aliphatic carbocycles. The lowest BCUT2D eigenvalue weighted by atomic mass is 10.2. The Hall–Kier alpha value is -1.66. The Labute approximate surface area is 130 Å². The monoisotopic (exact) mass is 315 g/mol. The molecule has 0 saturated heterocycles. The SMILES string of the molecule is CCOC(CN/C=C(/C#N)C(=O)N(CCO)CCO)OCC. The number of amides is 1. The number of nitrogens with zero attached hydrogens (tertiary/aromatic N) is 2. The van der Waals surface area contributed by atoms with Gasteiger partial charge in [-0.3, -0.25) is 4.79 Å². The summed E-state index contributed by atoms with van der Waals surface area (Å²) in [6.45, 7) is 4.57. The van der Waals surface area contributed by atoms with Gasteiger partial charge in [-0.25, -0.2) is 0 Å². The number of rotatable bonds is 12. The molecule has 22 heavy (non-hydrogen) atoms. The predicted octanol–water partition coefficient (Wildman–Crippen LogP) is -0.804. The Kier molecular flexibility index (Phi) is 12.1. The molecule has 0 heterocycles. The van der Waals surface area contributed by atoms with Crippen LogP contribution in [-0.4, -0.2) is 73.4 Å². The van der Waals surface area contributed by atoms with Crippen LogP contribution in [0, 0.1) is 11.3 Å². The molecule has 0 unspecified atom stereocenters. The van der Waals surface area contributed by atoms with Crippen molar-refractivity contribution >= 4 is 5.91 Å². The van der Waals surface area contributed by atoms with Gasteiger partial charge in [-0.2, -0.15) is 5.26 Å². The third kappa shape index (κ3) is 7.95. The van der Waals surface area contributed by atoms with Crippen LogP contribution < -0.4 is 5.32 Å². The number of hydrogen-bond donors (Lipinski definition) is 3. The highest BCUT2D eigenvalue weighted by Crippen LogP contribution is 2.01. The fraction of sp³-hybridized carbons (Fsp3) is 0.714. The van der Waals surface area contributed by atoms with E-state index in [2.05, 4.69) is 5.32 Å². The summed E-state index contributed by atoms with van der Waals surface area (Å²) in [6, 6.07) is 1.80. The molecule has 0 aromatic heterocycles. The van der Waals surface area contributed by atoms with Gasteiger partial charge in [0.1, 0.15) is 11.6 Å². The molecule has 0 aliphatic rings. The zero-order valence-electron chi connectivity index (χ0n) is 13.1. The first-order chi connectivity index (χ1) is 10.6. The van der Waals surface area contributed by atoms with Crippen LogP contribution in [0.3, 0.4) is 0 Å². The third-order valence-electron chi connectivity index (χ3n) is 2.61. The lowest BCUT2D eigenvalue weighted by Gasteiger charge is -2.20. The van der Waals surface area contributed by atoms with Crippen LogP contribution in [0.2, 0.25) is 0 Å². The van der Waals surface area contributed by atoms with Crippen LogP contribution in [0.25, 0.3) is 0 Å². The first-order valence-electron chi connectivity index (χ1n) is 7.22. The summed E-state index contributed by atoms with van der Waals surface area (Å²) in [5, 5.41) is 29.7. The largest absolute Gasteiger partial charge is 0.395 e. The maximum absolute atomic E-state index is 12.1. The van der Waals surface area contributed by atoms with Crippen LogP contribution in [0.4, 0.5) is 0 Å². The Morgan fingerprint density at radius 3 is 2.23 bits per heavy atom. The average Bonchev–Trinajstić information content (AvgIpc) is 2.51. The van der Waals surface area contributed by atoms with Crippen molar-refractivity contribution in [3.8, 4) is 6.07 Å². The van der Waals surface area contributed by atoms with Crippen LogP contribution in [0.1, 0.15) is 13.8 Å². The van der Waals surface area contributed by atoms with Crippen molar-refractivity contribution in [1.82, 2.24) is 10.2 Å². The molecule has 1 amide bonds. The number of ether oxygens (including phenoxy) is 2. The van der Waals surface area contributed by atoms with Crippen LogP contribution in [0.5, 0.6) is 0 Å². The van der Waals surface area contributed by atoms with Gasteiger partial charge in [0.2, 0.25) is 0 Å². The normalized spacial score (nSPS) is 11.4. The van der Waals surface area contributed by atoms with E-state index in [9.17, 15) is 4.79 Å². The Morgan fingerprint density at radius 2 is 1.82 bits per heavy atom. The van der Waals surface area contributed by atoms with E-state index >= 15 is 0 Å². The maximum atomic E-state index is 12.1. The Balaban J connectivity index is 4.65. The first-order valence-corrected chi connectivity index (χ1v) is 7.22. The minimum Gasteiger partial charge on any atom is -0.395 e. The number of nitrogens with one attached hydrogen (secondary N) is 1. The zero-order valence-corrected chi connectivity index (χ0v) is 13.1. The summed E-state index contributed by atoms with van der Waals surface area (Å²) in [4.78, 5) is 13.3. The second kappa shape index (κ2) is 13.0. The summed E-state index contributed by atoms with van der Waals surface area (Å²) >= 11 is 0. The van der Waals surface area contributed by atoms with Crippen molar-refractivity contribution in [1.29, 1.82) is 5.26 Å². The minimum atomic E-state index is -0.553. The van der Waals surface area contributed by atoms with Crippen molar-refractivity contribution < 1.29 is 24.5 Å². The number of aliphatic hydroxyl groups excluding tert-OH is 2.